The van der Waals surface area contributed by atoms with Gasteiger partial charge in [-0.3, -0.25) is 0 Å². The monoisotopic (exact) mass is 226 g/mol. The number of rotatable bonds is 2. The molecule has 17 heavy (non-hydrogen) atoms. The molecule has 0 radical (unpaired) electrons. The summed E-state index contributed by atoms with van der Waals surface area (Å²) in [7, 11) is 0. The number of hydrogen-bond donors (Lipinski definition) is 2. The average molecular weight is 226 g/mol. The molecule has 2 aromatic rings. The van der Waals surface area contributed by atoms with E-state index in [1.807, 2.05) is 12.1 Å². The Morgan fingerprint density at radius 1 is 0.824 bits per heavy atom. The van der Waals surface area contributed by atoms with Crippen LogP contribution < -0.4 is 5.84 Å². The van der Waals surface area contributed by atoms with Crippen molar-refractivity contribution in [1.29, 1.82) is 5.53 Å². The van der Waals surface area contributed by atoms with Gasteiger partial charge in [0.2, 0.25) is 0 Å². The molecular formula is C13H14N4. The Bertz CT molecular complexity index is 414. The van der Waals surface area contributed by atoms with Crippen molar-refractivity contribution in [3.8, 4) is 11.1 Å². The van der Waals surface area contributed by atoms with Crippen molar-refractivity contribution in [2.45, 2.75) is 0 Å². The Morgan fingerprint density at radius 2 is 1.24 bits per heavy atom. The van der Waals surface area contributed by atoms with Crippen LogP contribution in [-0.4, -0.2) is 6.34 Å². The molecule has 0 aliphatic carbocycles. The van der Waals surface area contributed by atoms with Gasteiger partial charge in [0.1, 0.15) is 0 Å². The van der Waals surface area contributed by atoms with Gasteiger partial charge in [-0.1, -0.05) is 60.7 Å². The van der Waals surface area contributed by atoms with E-state index in [4.69, 9.17) is 5.53 Å². The molecule has 2 aromatic carbocycles. The van der Waals surface area contributed by atoms with E-state index in [-0.39, 0.29) is 0 Å². The van der Waals surface area contributed by atoms with Crippen LogP contribution in [0.25, 0.3) is 11.1 Å². The highest BCUT2D eigenvalue weighted by Crippen LogP contribution is 2.17. The van der Waals surface area contributed by atoms with E-state index in [9.17, 15) is 0 Å². The zero-order valence-corrected chi connectivity index (χ0v) is 9.32. The van der Waals surface area contributed by atoms with E-state index in [0.717, 1.165) is 6.34 Å². The van der Waals surface area contributed by atoms with Crippen molar-refractivity contribution < 1.29 is 0 Å². The van der Waals surface area contributed by atoms with Crippen molar-refractivity contribution in [3.05, 3.63) is 60.7 Å². The van der Waals surface area contributed by atoms with Crippen LogP contribution in [-0.2, 0) is 0 Å². The number of hydrazone groups is 1. The van der Waals surface area contributed by atoms with Gasteiger partial charge in [-0.15, -0.1) is 5.11 Å². The Hall–Kier alpha value is -2.49. The van der Waals surface area contributed by atoms with Gasteiger partial charge in [-0.25, -0.2) is 5.53 Å². The molecule has 0 amide bonds. The third-order valence-corrected chi connectivity index (χ3v) is 2.01. The summed E-state index contributed by atoms with van der Waals surface area (Å²) in [6.07, 6.45) is 0.944. The normalized spacial score (nSPS) is 9.41. The molecule has 86 valence electrons. The van der Waals surface area contributed by atoms with Gasteiger partial charge in [0.15, 0.2) is 6.34 Å². The molecule has 4 nitrogen and oxygen atoms in total. The quantitative estimate of drug-likeness (QED) is 0.266. The summed E-state index contributed by atoms with van der Waals surface area (Å²) in [5.41, 5.74) is 8.55. The van der Waals surface area contributed by atoms with Gasteiger partial charge in [-0.05, 0) is 11.1 Å². The average Bonchev–Trinajstić information content (AvgIpc) is 2.42. The van der Waals surface area contributed by atoms with E-state index in [1.165, 1.54) is 11.1 Å². The van der Waals surface area contributed by atoms with Gasteiger partial charge in [-0.2, -0.15) is 5.10 Å². The van der Waals surface area contributed by atoms with E-state index in [1.54, 1.807) is 0 Å². The molecule has 0 heterocycles. The Kier molecular flexibility index (Phi) is 5.74. The van der Waals surface area contributed by atoms with Crippen molar-refractivity contribution >= 4 is 6.34 Å². The maximum absolute atomic E-state index is 6.00. The van der Waals surface area contributed by atoms with Crippen LogP contribution in [0.4, 0.5) is 0 Å². The second-order valence-corrected chi connectivity index (χ2v) is 3.13. The summed E-state index contributed by atoms with van der Waals surface area (Å²) in [6.45, 7) is 0. The predicted molar refractivity (Wildman–Crippen MR) is 69.7 cm³/mol. The van der Waals surface area contributed by atoms with Crippen LogP contribution in [0.15, 0.2) is 70.9 Å². The van der Waals surface area contributed by atoms with Gasteiger partial charge in [0, 0.05) is 0 Å². The highest BCUT2D eigenvalue weighted by Gasteiger charge is 1.91. The summed E-state index contributed by atoms with van der Waals surface area (Å²) < 4.78 is 0. The molecule has 0 aliphatic heterocycles. The lowest BCUT2D eigenvalue weighted by atomic mass is 10.1. The lowest BCUT2D eigenvalue weighted by molar-refractivity contribution is 1.17. The standard InChI is InChI=1S/C12H10.CH4N4/c1-3-7-11(8-4-1)12-9-5-2-6-10-12;2-4-1-5-3/h1-10H;1-2H,3H2/b;4-2?,5-1+. The number of benzene rings is 2. The Morgan fingerprint density at radius 3 is 1.47 bits per heavy atom. The minimum Gasteiger partial charge on any atom is -0.322 e. The highest BCUT2D eigenvalue weighted by molar-refractivity contribution is 5.62. The smallest absolute Gasteiger partial charge is 0.156 e. The molecule has 0 saturated heterocycles. The van der Waals surface area contributed by atoms with Crippen molar-refractivity contribution in [2.75, 3.05) is 0 Å². The van der Waals surface area contributed by atoms with E-state index in [2.05, 4.69) is 64.6 Å². The summed E-state index contributed by atoms with van der Waals surface area (Å²) in [5.74, 6) is 4.49. The fourth-order valence-electron chi connectivity index (χ4n) is 1.29. The minimum atomic E-state index is 0.944. The molecule has 0 unspecified atom stereocenters. The first-order chi connectivity index (χ1) is 8.38. The van der Waals surface area contributed by atoms with E-state index < -0.39 is 0 Å². The second-order valence-electron chi connectivity index (χ2n) is 3.13. The lowest BCUT2D eigenvalue weighted by Crippen LogP contribution is -1.75. The third-order valence-electron chi connectivity index (χ3n) is 2.01. The number of hydrogen-bond acceptors (Lipinski definition) is 3. The van der Waals surface area contributed by atoms with Gasteiger partial charge < -0.3 is 5.84 Å². The first-order valence-electron chi connectivity index (χ1n) is 5.07. The second kappa shape index (κ2) is 7.76. The van der Waals surface area contributed by atoms with Crippen LogP contribution in [0.2, 0.25) is 0 Å². The topological polar surface area (TPSA) is 74.6 Å². The zero-order chi connectivity index (χ0) is 12.3. The minimum absolute atomic E-state index is 0.944. The summed E-state index contributed by atoms with van der Waals surface area (Å²) in [5, 5.41) is 5.56. The molecule has 4 heteroatoms. The van der Waals surface area contributed by atoms with Crippen molar-refractivity contribution in [1.82, 2.24) is 0 Å². The largest absolute Gasteiger partial charge is 0.322 e. The molecule has 0 fully saturated rings. The summed E-state index contributed by atoms with van der Waals surface area (Å²) in [4.78, 5) is 0. The Balaban J connectivity index is 0.000000249. The SMILES string of the molecule is N=N/C=N/N.c1ccc(-c2ccccc2)cc1. The van der Waals surface area contributed by atoms with Gasteiger partial charge >= 0.3 is 0 Å². The Labute approximate surface area is 100 Å². The van der Waals surface area contributed by atoms with Crippen LogP contribution in [0.5, 0.6) is 0 Å². The molecular weight excluding hydrogens is 212 g/mol. The van der Waals surface area contributed by atoms with E-state index >= 15 is 0 Å². The predicted octanol–water partition coefficient (Wildman–Crippen LogP) is 3.27. The molecule has 3 N–H and O–H groups in total. The summed E-state index contributed by atoms with van der Waals surface area (Å²) in [6, 6.07) is 20.8. The fraction of sp³-hybridized carbons (Fsp3) is 0. The molecule has 0 bridgehead atoms. The first-order valence-corrected chi connectivity index (χ1v) is 5.07. The van der Waals surface area contributed by atoms with Crippen LogP contribution in [0.3, 0.4) is 0 Å². The van der Waals surface area contributed by atoms with Gasteiger partial charge in [0.25, 0.3) is 0 Å². The molecule has 2 rings (SSSR count). The van der Waals surface area contributed by atoms with Gasteiger partial charge in [0.05, 0.1) is 0 Å². The maximum Gasteiger partial charge on any atom is 0.156 e. The van der Waals surface area contributed by atoms with Crippen LogP contribution in [0.1, 0.15) is 0 Å². The fourth-order valence-corrected chi connectivity index (χ4v) is 1.29. The summed E-state index contributed by atoms with van der Waals surface area (Å²) >= 11 is 0. The molecule has 0 spiro atoms. The van der Waals surface area contributed by atoms with Crippen molar-refractivity contribution in [3.63, 3.8) is 0 Å². The van der Waals surface area contributed by atoms with Crippen molar-refractivity contribution in [2.24, 2.45) is 16.1 Å². The number of nitrogens with one attached hydrogen (secondary N) is 1. The molecule has 0 aliphatic rings. The zero-order valence-electron chi connectivity index (χ0n) is 9.32. The third kappa shape index (κ3) is 4.70. The highest BCUT2D eigenvalue weighted by atomic mass is 15.2. The van der Waals surface area contributed by atoms with Crippen LogP contribution >= 0.6 is 0 Å². The van der Waals surface area contributed by atoms with E-state index in [0.29, 0.717) is 0 Å². The number of nitrogens with zero attached hydrogens (tertiary/aromatic N) is 2. The number of nitrogens with two attached hydrogens (primary N) is 1. The molecule has 0 aromatic heterocycles. The lowest BCUT2D eigenvalue weighted by Gasteiger charge is -1.98. The molecule has 0 atom stereocenters. The maximum atomic E-state index is 6.00. The molecule has 0 saturated carbocycles. The van der Waals surface area contributed by atoms with Crippen LogP contribution in [0, 0.1) is 5.53 Å². The first kappa shape index (κ1) is 12.6.